The standard InChI is InChI=1S/C26H26F4N4O4/c1-26(2,3)38-24(36)14-6-4-13(5-7-14)15-8-9-20(18(29)10-15)31-22(35)23-33-34-25(37-23)32-21-12-17(28)16(27)11-19(21)30/h8-14H,4-7H2,1-3H3,(H,31,35)(H,32,34). The number of rotatable bonds is 6. The first-order chi connectivity index (χ1) is 17.9. The van der Waals surface area contributed by atoms with Gasteiger partial charge in [-0.1, -0.05) is 11.2 Å². The van der Waals surface area contributed by atoms with Gasteiger partial charge in [0.15, 0.2) is 11.6 Å². The Kier molecular flexibility index (Phi) is 7.70. The van der Waals surface area contributed by atoms with Crippen molar-refractivity contribution in [2.75, 3.05) is 10.6 Å². The summed E-state index contributed by atoms with van der Waals surface area (Å²) in [5, 5.41) is 11.6. The summed E-state index contributed by atoms with van der Waals surface area (Å²) in [5.74, 6) is -6.30. The second-order valence-electron chi connectivity index (χ2n) is 10.1. The van der Waals surface area contributed by atoms with Crippen molar-refractivity contribution in [2.24, 2.45) is 5.92 Å². The molecule has 1 heterocycles. The van der Waals surface area contributed by atoms with Crippen LogP contribution in [0.5, 0.6) is 0 Å². The highest BCUT2D eigenvalue weighted by Gasteiger charge is 2.31. The Morgan fingerprint density at radius 1 is 0.895 bits per heavy atom. The molecule has 202 valence electrons. The topological polar surface area (TPSA) is 106 Å². The van der Waals surface area contributed by atoms with Crippen molar-refractivity contribution in [1.29, 1.82) is 0 Å². The van der Waals surface area contributed by atoms with Crippen LogP contribution in [0.2, 0.25) is 0 Å². The monoisotopic (exact) mass is 534 g/mol. The number of ether oxygens (including phenoxy) is 1. The third kappa shape index (κ3) is 6.48. The Labute approximate surface area is 215 Å². The van der Waals surface area contributed by atoms with Gasteiger partial charge in [-0.15, -0.1) is 5.10 Å². The fourth-order valence-electron chi connectivity index (χ4n) is 4.21. The number of amides is 1. The van der Waals surface area contributed by atoms with Gasteiger partial charge in [-0.2, -0.15) is 0 Å². The van der Waals surface area contributed by atoms with Crippen molar-refractivity contribution >= 4 is 29.3 Å². The van der Waals surface area contributed by atoms with E-state index in [1.54, 1.807) is 6.07 Å². The predicted octanol–water partition coefficient (Wildman–Crippen LogP) is 6.24. The van der Waals surface area contributed by atoms with Crippen LogP contribution in [0, 0.1) is 29.2 Å². The van der Waals surface area contributed by atoms with Crippen molar-refractivity contribution in [1.82, 2.24) is 10.2 Å². The van der Waals surface area contributed by atoms with Gasteiger partial charge in [-0.05, 0) is 70.1 Å². The van der Waals surface area contributed by atoms with E-state index in [0.717, 1.165) is 5.56 Å². The molecule has 8 nitrogen and oxygen atoms in total. The lowest BCUT2D eigenvalue weighted by atomic mass is 9.78. The number of halogens is 4. The molecule has 0 bridgehead atoms. The van der Waals surface area contributed by atoms with E-state index >= 15 is 0 Å². The van der Waals surface area contributed by atoms with Crippen molar-refractivity contribution in [3.63, 3.8) is 0 Å². The van der Waals surface area contributed by atoms with E-state index in [1.807, 2.05) is 20.8 Å². The fourth-order valence-corrected chi connectivity index (χ4v) is 4.21. The van der Waals surface area contributed by atoms with E-state index in [1.165, 1.54) is 12.1 Å². The molecule has 0 atom stereocenters. The molecule has 1 aliphatic rings. The van der Waals surface area contributed by atoms with Crippen LogP contribution in [0.1, 0.15) is 68.6 Å². The Balaban J connectivity index is 1.35. The van der Waals surface area contributed by atoms with Gasteiger partial charge < -0.3 is 19.8 Å². The van der Waals surface area contributed by atoms with E-state index in [0.29, 0.717) is 37.8 Å². The summed E-state index contributed by atoms with van der Waals surface area (Å²) in [6.07, 6.45) is 2.68. The van der Waals surface area contributed by atoms with Crippen LogP contribution in [0.3, 0.4) is 0 Å². The number of hydrogen-bond acceptors (Lipinski definition) is 7. The van der Waals surface area contributed by atoms with Gasteiger partial charge in [0.2, 0.25) is 0 Å². The number of nitrogens with one attached hydrogen (secondary N) is 2. The third-order valence-electron chi connectivity index (χ3n) is 6.05. The zero-order chi connectivity index (χ0) is 27.6. The van der Waals surface area contributed by atoms with Crippen molar-refractivity contribution in [2.45, 2.75) is 58.0 Å². The molecule has 0 saturated heterocycles. The highest BCUT2D eigenvalue weighted by molar-refractivity contribution is 6.01. The molecule has 38 heavy (non-hydrogen) atoms. The first kappa shape index (κ1) is 27.1. The first-order valence-electron chi connectivity index (χ1n) is 12.0. The summed E-state index contributed by atoms with van der Waals surface area (Å²) in [4.78, 5) is 24.8. The van der Waals surface area contributed by atoms with Gasteiger partial charge in [0.05, 0.1) is 17.3 Å². The van der Waals surface area contributed by atoms with Crippen molar-refractivity contribution in [3.8, 4) is 0 Å². The predicted molar refractivity (Wildman–Crippen MR) is 129 cm³/mol. The molecular formula is C26H26F4N4O4. The number of hydrogen-bond donors (Lipinski definition) is 2. The number of anilines is 3. The van der Waals surface area contributed by atoms with Crippen LogP contribution in [-0.2, 0) is 9.53 Å². The van der Waals surface area contributed by atoms with Gasteiger partial charge >= 0.3 is 23.8 Å². The Morgan fingerprint density at radius 3 is 2.21 bits per heavy atom. The van der Waals surface area contributed by atoms with Gasteiger partial charge in [-0.25, -0.2) is 17.6 Å². The second-order valence-corrected chi connectivity index (χ2v) is 10.1. The molecule has 0 spiro atoms. The molecule has 0 unspecified atom stereocenters. The SMILES string of the molecule is CC(C)(C)OC(=O)C1CCC(c2ccc(NC(=O)c3nnc(Nc4cc(F)c(F)cc4F)o3)c(F)c2)CC1. The zero-order valence-corrected chi connectivity index (χ0v) is 20.9. The molecule has 0 aliphatic heterocycles. The van der Waals surface area contributed by atoms with E-state index in [4.69, 9.17) is 9.15 Å². The van der Waals surface area contributed by atoms with Gasteiger partial charge in [0, 0.05) is 12.1 Å². The number of benzene rings is 2. The maximum Gasteiger partial charge on any atom is 0.320 e. The highest BCUT2D eigenvalue weighted by Crippen LogP contribution is 2.37. The maximum absolute atomic E-state index is 14.8. The summed E-state index contributed by atoms with van der Waals surface area (Å²) >= 11 is 0. The fraction of sp³-hybridized carbons (Fsp3) is 0.385. The van der Waals surface area contributed by atoms with Crippen molar-refractivity contribution in [3.05, 3.63) is 65.1 Å². The molecule has 2 aromatic carbocycles. The molecule has 1 saturated carbocycles. The number of nitrogens with zero attached hydrogens (tertiary/aromatic N) is 2. The van der Waals surface area contributed by atoms with Crippen LogP contribution in [0.25, 0.3) is 0 Å². The summed E-state index contributed by atoms with van der Waals surface area (Å²) in [6, 6.07) is 4.87. The molecule has 3 aromatic rings. The van der Waals surface area contributed by atoms with E-state index in [-0.39, 0.29) is 23.5 Å². The Hall–Kier alpha value is -3.96. The molecule has 2 N–H and O–H groups in total. The van der Waals surface area contributed by atoms with Crippen LogP contribution >= 0.6 is 0 Å². The Bertz CT molecular complexity index is 1350. The smallest absolute Gasteiger partial charge is 0.320 e. The molecular weight excluding hydrogens is 508 g/mol. The molecule has 4 rings (SSSR count). The van der Waals surface area contributed by atoms with Gasteiger partial charge in [-0.3, -0.25) is 9.59 Å². The largest absolute Gasteiger partial charge is 0.460 e. The Morgan fingerprint density at radius 2 is 1.55 bits per heavy atom. The van der Waals surface area contributed by atoms with Gasteiger partial charge in [0.25, 0.3) is 0 Å². The highest BCUT2D eigenvalue weighted by atomic mass is 19.2. The number of esters is 1. The quantitative estimate of drug-likeness (QED) is 0.219. The molecule has 1 aliphatic carbocycles. The number of carbonyl (C=O) groups excluding carboxylic acids is 2. The first-order valence-corrected chi connectivity index (χ1v) is 12.0. The van der Waals surface area contributed by atoms with Crippen molar-refractivity contribution < 1.29 is 36.3 Å². The molecule has 1 aromatic heterocycles. The zero-order valence-electron chi connectivity index (χ0n) is 20.9. The summed E-state index contributed by atoms with van der Waals surface area (Å²) < 4.78 is 65.6. The van der Waals surface area contributed by atoms with Crippen LogP contribution in [-0.4, -0.2) is 27.7 Å². The molecule has 12 heteroatoms. The molecule has 1 fully saturated rings. The van der Waals surface area contributed by atoms with E-state index in [9.17, 15) is 27.2 Å². The minimum Gasteiger partial charge on any atom is -0.460 e. The lowest BCUT2D eigenvalue weighted by Gasteiger charge is -2.30. The average molecular weight is 535 g/mol. The van der Waals surface area contributed by atoms with Gasteiger partial charge in [0.1, 0.15) is 17.2 Å². The lowest BCUT2D eigenvalue weighted by Crippen LogP contribution is -2.30. The maximum atomic E-state index is 14.8. The van der Waals surface area contributed by atoms with Crippen LogP contribution in [0.4, 0.5) is 35.0 Å². The van der Waals surface area contributed by atoms with E-state index in [2.05, 4.69) is 20.8 Å². The van der Waals surface area contributed by atoms with E-state index < -0.39 is 52.4 Å². The minimum absolute atomic E-state index is 0.0641. The third-order valence-corrected chi connectivity index (χ3v) is 6.05. The van der Waals surface area contributed by atoms with Crippen LogP contribution < -0.4 is 10.6 Å². The normalized spacial score (nSPS) is 17.7. The molecule has 0 radical (unpaired) electrons. The number of aromatic nitrogens is 2. The lowest BCUT2D eigenvalue weighted by molar-refractivity contribution is -0.161. The molecule has 1 amide bonds. The summed E-state index contributed by atoms with van der Waals surface area (Å²) in [6.45, 7) is 5.47. The average Bonchev–Trinajstić information content (AvgIpc) is 3.31. The summed E-state index contributed by atoms with van der Waals surface area (Å²) in [7, 11) is 0. The summed E-state index contributed by atoms with van der Waals surface area (Å²) in [5.41, 5.74) is -0.404. The number of carbonyl (C=O) groups is 2. The van der Waals surface area contributed by atoms with Crippen LogP contribution in [0.15, 0.2) is 34.7 Å². The minimum atomic E-state index is -1.37. The second kappa shape index (κ2) is 10.8.